The number of carbonyl (C=O) groups is 1. The van der Waals surface area contributed by atoms with Crippen LogP contribution in [0.2, 0.25) is 0 Å². The van der Waals surface area contributed by atoms with Crippen LogP contribution in [-0.4, -0.2) is 34.4 Å². The highest BCUT2D eigenvalue weighted by Gasteiger charge is 2.22. The molecule has 0 bridgehead atoms. The summed E-state index contributed by atoms with van der Waals surface area (Å²) in [6.07, 6.45) is 3.85. The second kappa shape index (κ2) is 8.73. The summed E-state index contributed by atoms with van der Waals surface area (Å²) in [6.45, 7) is 1.35. The van der Waals surface area contributed by atoms with Gasteiger partial charge in [0.15, 0.2) is 35.4 Å². The Labute approximate surface area is 185 Å². The van der Waals surface area contributed by atoms with E-state index < -0.39 is 5.97 Å². The zero-order valence-corrected chi connectivity index (χ0v) is 18.6. The van der Waals surface area contributed by atoms with Gasteiger partial charge < -0.3 is 36.1 Å². The Balaban J connectivity index is 0.00000272. The molecule has 2 aromatic heterocycles. The maximum absolute atomic E-state index is 11.7. The number of pyridine rings is 2. The van der Waals surface area contributed by atoms with E-state index in [2.05, 4.69) is 0 Å². The van der Waals surface area contributed by atoms with Crippen LogP contribution in [0.4, 0.5) is 0 Å². The van der Waals surface area contributed by atoms with Crippen LogP contribution < -0.4 is 40.5 Å². The number of methoxy groups -OCH3 is 4. The summed E-state index contributed by atoms with van der Waals surface area (Å²) in [5, 5.41) is 3.56. The van der Waals surface area contributed by atoms with Gasteiger partial charge in [0.2, 0.25) is 11.3 Å². The second-order valence-electron chi connectivity index (χ2n) is 6.71. The number of aromatic nitrogens is 1. The van der Waals surface area contributed by atoms with Crippen molar-refractivity contribution >= 4 is 33.0 Å². The summed E-state index contributed by atoms with van der Waals surface area (Å²) in [4.78, 5) is 11.7. The molecule has 8 heteroatoms. The lowest BCUT2D eigenvalue weighted by atomic mass is 10.1. The fourth-order valence-corrected chi connectivity index (χ4v) is 3.68. The van der Waals surface area contributed by atoms with Gasteiger partial charge in [0, 0.05) is 24.4 Å². The molecular weight excluding hydrogens is 422 g/mol. The van der Waals surface area contributed by atoms with Gasteiger partial charge in [-0.25, -0.2) is 0 Å². The van der Waals surface area contributed by atoms with E-state index in [0.717, 1.165) is 27.1 Å². The topological polar surface area (TPSA) is 67.3 Å². The lowest BCUT2D eigenvalue weighted by molar-refractivity contribution is -0.509. The summed E-state index contributed by atoms with van der Waals surface area (Å²) in [7, 11) is 6.28. The van der Waals surface area contributed by atoms with Gasteiger partial charge in [0.05, 0.1) is 39.2 Å². The smallest absolute Gasteiger partial charge is 0.308 e. The van der Waals surface area contributed by atoms with Crippen LogP contribution in [0.25, 0.3) is 27.1 Å². The van der Waals surface area contributed by atoms with E-state index in [4.69, 9.17) is 23.7 Å². The molecule has 2 heterocycles. The molecule has 0 amide bonds. The quantitative estimate of drug-likeness (QED) is 0.149. The Hall–Kier alpha value is -3.45. The molecular formula is C23H22ClNO6. The van der Waals surface area contributed by atoms with Crippen LogP contribution in [0, 0.1) is 0 Å². The molecule has 0 aliphatic rings. The summed E-state index contributed by atoms with van der Waals surface area (Å²) >= 11 is 0. The molecule has 0 atom stereocenters. The first-order valence-electron chi connectivity index (χ1n) is 9.27. The minimum Gasteiger partial charge on any atom is -1.00 e. The summed E-state index contributed by atoms with van der Waals surface area (Å²) in [5.41, 5.74) is 0.946. The van der Waals surface area contributed by atoms with Gasteiger partial charge in [-0.2, -0.15) is 4.40 Å². The normalized spacial score (nSPS) is 10.6. The van der Waals surface area contributed by atoms with Crippen molar-refractivity contribution in [3.8, 4) is 28.7 Å². The maximum Gasteiger partial charge on any atom is 0.308 e. The van der Waals surface area contributed by atoms with Crippen LogP contribution in [0.3, 0.4) is 0 Å². The lowest BCUT2D eigenvalue weighted by Gasteiger charge is -2.14. The molecule has 7 nitrogen and oxygen atoms in total. The summed E-state index contributed by atoms with van der Waals surface area (Å²) in [5.74, 6) is 2.03. The van der Waals surface area contributed by atoms with E-state index in [1.165, 1.54) is 14.0 Å². The third kappa shape index (κ3) is 3.72. The first kappa shape index (κ1) is 22.2. The first-order chi connectivity index (χ1) is 14.5. The highest BCUT2D eigenvalue weighted by molar-refractivity contribution is 6.01. The third-order valence-electron chi connectivity index (χ3n) is 5.03. The second-order valence-corrected chi connectivity index (χ2v) is 6.71. The van der Waals surface area contributed by atoms with Crippen molar-refractivity contribution in [2.45, 2.75) is 6.92 Å². The van der Waals surface area contributed by atoms with E-state index in [1.807, 2.05) is 47.1 Å². The average molecular weight is 444 g/mol. The zero-order valence-electron chi connectivity index (χ0n) is 17.8. The van der Waals surface area contributed by atoms with Crippen LogP contribution in [0.1, 0.15) is 6.92 Å². The molecule has 0 aliphatic carbocycles. The Morgan fingerprint density at radius 3 is 2.03 bits per heavy atom. The van der Waals surface area contributed by atoms with E-state index in [-0.39, 0.29) is 12.4 Å². The number of carbonyl (C=O) groups excluding carboxylic acids is 1. The molecule has 0 saturated carbocycles. The fraction of sp³-hybridized carbons (Fsp3) is 0.217. The lowest BCUT2D eigenvalue weighted by Crippen LogP contribution is -3.00. The van der Waals surface area contributed by atoms with E-state index in [1.54, 1.807) is 21.3 Å². The predicted octanol–water partition coefficient (Wildman–Crippen LogP) is 0.695. The standard InChI is InChI=1S/C23H22NO6.ClH/c1-13(25)30-22-17-12-24-7-6-14-9-19(26-2)20(27-3)11-16(14)18(24)8-15(17)10-21(28-4)23(22)29-5;/h6-12H,1-5H3;1H/q+1;/p-1. The number of benzene rings is 2. The fourth-order valence-electron chi connectivity index (χ4n) is 3.68. The van der Waals surface area contributed by atoms with Gasteiger partial charge in [-0.15, -0.1) is 0 Å². The van der Waals surface area contributed by atoms with Crippen molar-refractivity contribution in [3.63, 3.8) is 0 Å². The van der Waals surface area contributed by atoms with E-state index >= 15 is 0 Å². The van der Waals surface area contributed by atoms with Gasteiger partial charge in [-0.3, -0.25) is 4.79 Å². The van der Waals surface area contributed by atoms with Gasteiger partial charge >= 0.3 is 5.97 Å². The molecule has 0 fully saturated rings. The van der Waals surface area contributed by atoms with Crippen LogP contribution >= 0.6 is 0 Å². The van der Waals surface area contributed by atoms with Gasteiger partial charge in [0.1, 0.15) is 0 Å². The molecule has 0 radical (unpaired) electrons. The van der Waals surface area contributed by atoms with Gasteiger partial charge in [0.25, 0.3) is 0 Å². The monoisotopic (exact) mass is 443 g/mol. The molecule has 162 valence electrons. The van der Waals surface area contributed by atoms with Crippen molar-refractivity contribution in [1.82, 2.24) is 0 Å². The van der Waals surface area contributed by atoms with Crippen LogP contribution in [0.15, 0.2) is 42.7 Å². The molecule has 2 aromatic carbocycles. The molecule has 0 spiro atoms. The molecule has 0 N–H and O–H groups in total. The van der Waals surface area contributed by atoms with Crippen molar-refractivity contribution in [2.24, 2.45) is 0 Å². The Bertz CT molecular complexity index is 1300. The SMILES string of the molecule is COc1cc2cc[n+]3cc4c(OC(C)=O)c(OC)c(OC)cc4cc3c2cc1OC.[Cl-]. The number of ether oxygens (including phenoxy) is 5. The number of esters is 1. The number of hydrogen-bond acceptors (Lipinski definition) is 6. The Kier molecular flexibility index (Phi) is 6.27. The molecule has 4 aromatic rings. The number of rotatable bonds is 5. The third-order valence-corrected chi connectivity index (χ3v) is 5.03. The van der Waals surface area contributed by atoms with Crippen molar-refractivity contribution in [2.75, 3.05) is 28.4 Å². The van der Waals surface area contributed by atoms with E-state index in [0.29, 0.717) is 28.7 Å². The Morgan fingerprint density at radius 1 is 0.774 bits per heavy atom. The maximum atomic E-state index is 11.7. The molecule has 31 heavy (non-hydrogen) atoms. The van der Waals surface area contributed by atoms with Crippen molar-refractivity contribution < 1.29 is 45.3 Å². The minimum absolute atomic E-state index is 0. The number of nitrogens with zero attached hydrogens (tertiary/aromatic N) is 1. The number of halogens is 1. The zero-order chi connectivity index (χ0) is 21.4. The number of hydrogen-bond donors (Lipinski definition) is 0. The van der Waals surface area contributed by atoms with Crippen molar-refractivity contribution in [1.29, 1.82) is 0 Å². The summed E-state index contributed by atoms with van der Waals surface area (Å²) in [6, 6.07) is 9.75. The van der Waals surface area contributed by atoms with Crippen molar-refractivity contribution in [3.05, 3.63) is 42.7 Å². The van der Waals surface area contributed by atoms with Crippen LogP contribution in [0.5, 0.6) is 28.7 Å². The molecule has 0 saturated heterocycles. The predicted molar refractivity (Wildman–Crippen MR) is 112 cm³/mol. The highest BCUT2D eigenvalue weighted by atomic mass is 35.5. The minimum atomic E-state index is -0.441. The van der Waals surface area contributed by atoms with Gasteiger partial charge in [-0.1, -0.05) is 0 Å². The molecule has 0 aliphatic heterocycles. The van der Waals surface area contributed by atoms with Crippen LogP contribution in [-0.2, 0) is 4.79 Å². The largest absolute Gasteiger partial charge is 1.00 e. The Morgan fingerprint density at radius 2 is 1.42 bits per heavy atom. The van der Waals surface area contributed by atoms with Gasteiger partial charge in [-0.05, 0) is 23.6 Å². The molecule has 0 unspecified atom stereocenters. The molecule has 4 rings (SSSR count). The van der Waals surface area contributed by atoms with E-state index in [9.17, 15) is 4.79 Å². The number of fused-ring (bicyclic) bond motifs is 4. The average Bonchev–Trinajstić information content (AvgIpc) is 2.76. The first-order valence-corrected chi connectivity index (χ1v) is 9.27. The summed E-state index contributed by atoms with van der Waals surface area (Å²) < 4.78 is 29.3. The highest BCUT2D eigenvalue weighted by Crippen LogP contribution is 2.44.